The fourth-order valence-corrected chi connectivity index (χ4v) is 14.4. The topological polar surface area (TPSA) is 3.24 Å². The monoisotopic (exact) mass is 921 g/mol. The fourth-order valence-electron chi connectivity index (χ4n) is 14.4. The first-order chi connectivity index (χ1) is 36.2. The highest BCUT2D eigenvalue weighted by molar-refractivity contribution is 6.06. The van der Waals surface area contributed by atoms with E-state index in [1.807, 2.05) is 0 Å². The largest absolute Gasteiger partial charge is 0.310 e. The van der Waals surface area contributed by atoms with Crippen molar-refractivity contribution in [1.29, 1.82) is 0 Å². The fraction of sp³-hybridized carbons (Fsp3) is 0.0278. The van der Waals surface area contributed by atoms with Crippen LogP contribution in [-0.4, -0.2) is 0 Å². The third kappa shape index (κ3) is 5.01. The lowest BCUT2D eigenvalue weighted by atomic mass is 9.70. The molecule has 0 bridgehead atoms. The quantitative estimate of drug-likeness (QED) is 0.171. The Balaban J connectivity index is 0.881. The van der Waals surface area contributed by atoms with Gasteiger partial charge in [0.05, 0.1) is 10.8 Å². The van der Waals surface area contributed by atoms with Crippen LogP contribution in [0.3, 0.4) is 0 Å². The maximum Gasteiger partial charge on any atom is 0.0725 e. The Labute approximate surface area is 423 Å². The van der Waals surface area contributed by atoms with Crippen molar-refractivity contribution in [2.75, 3.05) is 4.90 Å². The number of nitrogens with zero attached hydrogens (tertiary/aromatic N) is 1. The van der Waals surface area contributed by atoms with Gasteiger partial charge in [-0.05, 0) is 217 Å². The minimum Gasteiger partial charge on any atom is -0.310 e. The lowest BCUT2D eigenvalue weighted by Gasteiger charge is -2.31. The number of anilines is 3. The standard InChI is InChI=1S/C72H43N/c1-2-20-52(21-3-1)73(53-32-30-48-38-61-59-36-44-16-4-6-18-46(44)40-67(59)71(69(61)42-50(48)34-53)63-26-12-8-22-55(63)56-23-9-13-27-64(56)71)54-33-31-49-39-62-60-37-45-17-5-7-19-47(45)41-68(60)72(70(62)43-51(49)35-54)65-28-14-10-24-57(65)58-25-11-15-29-66(58)72/h1-43H. The molecule has 2 spiro atoms. The number of rotatable bonds is 3. The average molecular weight is 922 g/mol. The van der Waals surface area contributed by atoms with Crippen LogP contribution in [0.5, 0.6) is 0 Å². The van der Waals surface area contributed by atoms with Crippen molar-refractivity contribution in [3.63, 3.8) is 0 Å². The maximum absolute atomic E-state index is 2.53. The minimum absolute atomic E-state index is 0.451. The number of hydrogen-bond donors (Lipinski definition) is 0. The molecule has 0 unspecified atom stereocenters. The molecular formula is C72H43N. The highest BCUT2D eigenvalue weighted by Crippen LogP contribution is 2.65. The van der Waals surface area contributed by atoms with E-state index in [1.54, 1.807) is 0 Å². The summed E-state index contributed by atoms with van der Waals surface area (Å²) in [5, 5.41) is 9.98. The van der Waals surface area contributed by atoms with E-state index in [0.29, 0.717) is 0 Å². The molecule has 0 fully saturated rings. The molecule has 0 aliphatic heterocycles. The van der Waals surface area contributed by atoms with Gasteiger partial charge in [0.25, 0.3) is 0 Å². The van der Waals surface area contributed by atoms with Crippen LogP contribution in [0.1, 0.15) is 44.5 Å². The van der Waals surface area contributed by atoms with Gasteiger partial charge in [0.2, 0.25) is 0 Å². The van der Waals surface area contributed by atoms with E-state index in [0.717, 1.165) is 17.1 Å². The van der Waals surface area contributed by atoms with Gasteiger partial charge >= 0.3 is 0 Å². The van der Waals surface area contributed by atoms with Crippen molar-refractivity contribution in [2.45, 2.75) is 10.8 Å². The molecule has 4 aliphatic carbocycles. The van der Waals surface area contributed by atoms with Gasteiger partial charge in [0, 0.05) is 17.1 Å². The highest BCUT2D eigenvalue weighted by Gasteiger charge is 2.53. The summed E-state index contributed by atoms with van der Waals surface area (Å²) in [6.45, 7) is 0. The summed E-state index contributed by atoms with van der Waals surface area (Å²) in [5.41, 5.74) is 23.9. The summed E-state index contributed by atoms with van der Waals surface area (Å²) in [7, 11) is 0. The zero-order valence-electron chi connectivity index (χ0n) is 39.8. The second-order valence-electron chi connectivity index (χ2n) is 20.7. The molecule has 0 saturated heterocycles. The molecule has 336 valence electrons. The zero-order chi connectivity index (χ0) is 47.6. The maximum atomic E-state index is 2.53. The van der Waals surface area contributed by atoms with Gasteiger partial charge in [-0.2, -0.15) is 0 Å². The summed E-state index contributed by atoms with van der Waals surface area (Å²) in [4.78, 5) is 2.45. The summed E-state index contributed by atoms with van der Waals surface area (Å²) in [6.07, 6.45) is 0. The van der Waals surface area contributed by atoms with Crippen molar-refractivity contribution in [3.8, 4) is 44.5 Å². The summed E-state index contributed by atoms with van der Waals surface area (Å²) >= 11 is 0. The number of hydrogen-bond acceptors (Lipinski definition) is 1. The summed E-state index contributed by atoms with van der Waals surface area (Å²) in [6, 6.07) is 99.2. The van der Waals surface area contributed by atoms with Gasteiger partial charge in [0.15, 0.2) is 0 Å². The van der Waals surface area contributed by atoms with Crippen molar-refractivity contribution >= 4 is 60.2 Å². The van der Waals surface area contributed by atoms with Crippen LogP contribution in [0.25, 0.3) is 87.6 Å². The predicted octanol–water partition coefficient (Wildman–Crippen LogP) is 18.5. The first kappa shape index (κ1) is 39.4. The third-order valence-corrected chi connectivity index (χ3v) is 17.3. The number of fused-ring (bicyclic) bond motifs is 24. The van der Waals surface area contributed by atoms with Crippen molar-refractivity contribution in [1.82, 2.24) is 0 Å². The normalized spacial score (nSPS) is 14.2. The molecule has 0 aromatic heterocycles. The van der Waals surface area contributed by atoms with E-state index in [4.69, 9.17) is 0 Å². The van der Waals surface area contributed by atoms with Gasteiger partial charge in [-0.15, -0.1) is 0 Å². The molecule has 0 amide bonds. The Bertz CT molecular complexity index is 4210. The van der Waals surface area contributed by atoms with E-state index in [2.05, 4.69) is 266 Å². The summed E-state index contributed by atoms with van der Waals surface area (Å²) in [5.74, 6) is 0. The molecule has 1 nitrogen and oxygen atoms in total. The van der Waals surface area contributed by atoms with Crippen LogP contribution >= 0.6 is 0 Å². The van der Waals surface area contributed by atoms with Crippen LogP contribution in [0.15, 0.2) is 261 Å². The van der Waals surface area contributed by atoms with Crippen molar-refractivity contribution in [3.05, 3.63) is 305 Å². The Hall–Kier alpha value is -9.30. The Morgan fingerprint density at radius 1 is 0.178 bits per heavy atom. The molecule has 0 atom stereocenters. The highest BCUT2D eigenvalue weighted by atomic mass is 15.1. The second kappa shape index (κ2) is 14.2. The van der Waals surface area contributed by atoms with Gasteiger partial charge in [0.1, 0.15) is 0 Å². The molecule has 0 radical (unpaired) electrons. The van der Waals surface area contributed by atoms with Crippen LogP contribution in [-0.2, 0) is 10.8 Å². The van der Waals surface area contributed by atoms with Gasteiger partial charge in [-0.1, -0.05) is 176 Å². The van der Waals surface area contributed by atoms with Crippen molar-refractivity contribution in [2.24, 2.45) is 0 Å². The smallest absolute Gasteiger partial charge is 0.0725 e. The second-order valence-corrected chi connectivity index (χ2v) is 20.7. The third-order valence-electron chi connectivity index (χ3n) is 17.3. The van der Waals surface area contributed by atoms with E-state index in [9.17, 15) is 0 Å². The Morgan fingerprint density at radius 2 is 0.466 bits per heavy atom. The lowest BCUT2D eigenvalue weighted by molar-refractivity contribution is 0.796. The molecule has 1 heteroatoms. The molecule has 73 heavy (non-hydrogen) atoms. The van der Waals surface area contributed by atoms with Gasteiger partial charge in [-0.25, -0.2) is 0 Å². The molecule has 0 saturated carbocycles. The molecule has 4 aliphatic rings. The summed E-state index contributed by atoms with van der Waals surface area (Å²) < 4.78 is 0. The van der Waals surface area contributed by atoms with E-state index in [1.165, 1.54) is 132 Å². The molecular weight excluding hydrogens is 879 g/mol. The first-order valence-corrected chi connectivity index (χ1v) is 25.6. The lowest BCUT2D eigenvalue weighted by Crippen LogP contribution is -2.25. The van der Waals surface area contributed by atoms with E-state index in [-0.39, 0.29) is 0 Å². The predicted molar refractivity (Wildman–Crippen MR) is 304 cm³/mol. The zero-order valence-corrected chi connectivity index (χ0v) is 39.8. The van der Waals surface area contributed by atoms with Crippen molar-refractivity contribution < 1.29 is 0 Å². The molecule has 13 aromatic carbocycles. The number of para-hydroxylation sites is 1. The SMILES string of the molecule is c1ccc(N(c2ccc3cc4c(cc3c2)C2(c3ccccc3-c3ccccc32)c2cc3ccccc3cc2-4)c2ccc3cc4c(cc3c2)C2(c3ccccc3-c3ccccc32)c2cc3ccccc3cc2-4)cc1. The van der Waals surface area contributed by atoms with Crippen LogP contribution in [0.4, 0.5) is 17.1 Å². The molecule has 0 N–H and O–H groups in total. The molecule has 0 heterocycles. The van der Waals surface area contributed by atoms with E-state index >= 15 is 0 Å². The van der Waals surface area contributed by atoms with Crippen LogP contribution < -0.4 is 4.90 Å². The molecule has 13 aromatic rings. The Morgan fingerprint density at radius 3 is 0.836 bits per heavy atom. The van der Waals surface area contributed by atoms with E-state index < -0.39 is 10.8 Å². The van der Waals surface area contributed by atoms with Gasteiger partial charge in [-0.3, -0.25) is 0 Å². The average Bonchev–Trinajstić information content (AvgIpc) is 4.11. The first-order valence-electron chi connectivity index (χ1n) is 25.6. The molecule has 17 rings (SSSR count). The Kier molecular flexibility index (Phi) is 7.66. The number of benzene rings is 13. The minimum atomic E-state index is -0.451. The van der Waals surface area contributed by atoms with Crippen LogP contribution in [0.2, 0.25) is 0 Å². The van der Waals surface area contributed by atoms with Gasteiger partial charge < -0.3 is 4.90 Å². The van der Waals surface area contributed by atoms with Crippen LogP contribution in [0, 0.1) is 0 Å².